The lowest BCUT2D eigenvalue weighted by molar-refractivity contribution is -0.276. The van der Waals surface area contributed by atoms with Crippen LogP contribution in [0.25, 0.3) is 0 Å². The van der Waals surface area contributed by atoms with E-state index in [0.29, 0.717) is 0 Å². The minimum Gasteiger partial charge on any atom is -0.405 e. The van der Waals surface area contributed by atoms with Gasteiger partial charge < -0.3 is 10.5 Å². The van der Waals surface area contributed by atoms with Gasteiger partial charge in [-0.25, -0.2) is 13.8 Å². The summed E-state index contributed by atoms with van der Waals surface area (Å²) < 4.78 is 102. The van der Waals surface area contributed by atoms with Crippen LogP contribution in [-0.2, 0) is 12.7 Å². The fourth-order valence-electron chi connectivity index (χ4n) is 1.35. The molecule has 0 spiro atoms. The van der Waals surface area contributed by atoms with Crippen LogP contribution in [-0.4, -0.2) is 11.3 Å². The number of pyridine rings is 1. The largest absolute Gasteiger partial charge is 0.573 e. The van der Waals surface area contributed by atoms with Crippen LogP contribution in [0.2, 0.25) is 0 Å². The zero-order valence-corrected chi connectivity index (χ0v) is 9.32. The number of hydrogen-bond donors (Lipinski definition) is 1. The molecule has 0 fully saturated rings. The lowest BCUT2D eigenvalue weighted by Gasteiger charge is -2.18. The van der Waals surface area contributed by atoms with E-state index in [1.54, 1.807) is 0 Å². The molecule has 0 unspecified atom stereocenters. The summed E-state index contributed by atoms with van der Waals surface area (Å²) in [6.45, 7) is -0.633. The number of hydrogen-bond acceptors (Lipinski definition) is 3. The molecule has 3 nitrogen and oxygen atoms in total. The third-order valence-corrected chi connectivity index (χ3v) is 1.99. The number of aromatic nitrogens is 1. The van der Waals surface area contributed by atoms with Crippen LogP contribution in [0.4, 0.5) is 35.1 Å². The summed E-state index contributed by atoms with van der Waals surface area (Å²) in [5.74, 6) is -1.81. The quantitative estimate of drug-likeness (QED) is 0.871. The number of nitrogens with zero attached hydrogens (tertiary/aromatic N) is 1. The molecule has 0 atom stereocenters. The minimum absolute atomic E-state index is 0.224. The molecule has 0 amide bonds. The Bertz CT molecular complexity index is 482. The van der Waals surface area contributed by atoms with Gasteiger partial charge in [0.15, 0.2) is 0 Å². The van der Waals surface area contributed by atoms with Gasteiger partial charge >= 0.3 is 12.5 Å². The summed E-state index contributed by atoms with van der Waals surface area (Å²) in [6, 6.07) is 0.224. The van der Waals surface area contributed by atoms with Crippen molar-refractivity contribution >= 4 is 0 Å². The Morgan fingerprint density at radius 2 is 1.70 bits per heavy atom. The topological polar surface area (TPSA) is 48.1 Å². The number of ether oxygens (including phenoxy) is 1. The maximum atomic E-state index is 12.6. The second-order valence-corrected chi connectivity index (χ2v) is 3.42. The summed E-state index contributed by atoms with van der Waals surface area (Å²) in [4.78, 5) is 2.91. The van der Waals surface area contributed by atoms with E-state index in [4.69, 9.17) is 5.73 Å². The van der Waals surface area contributed by atoms with E-state index in [1.807, 2.05) is 0 Å². The monoisotopic (exact) mass is 310 g/mol. The van der Waals surface area contributed by atoms with Crippen LogP contribution in [0.15, 0.2) is 6.07 Å². The van der Waals surface area contributed by atoms with Crippen LogP contribution in [0.3, 0.4) is 0 Å². The van der Waals surface area contributed by atoms with E-state index in [-0.39, 0.29) is 6.07 Å². The Morgan fingerprint density at radius 1 is 1.15 bits per heavy atom. The maximum Gasteiger partial charge on any atom is 0.573 e. The predicted octanol–water partition coefficient (Wildman–Crippen LogP) is 3.40. The van der Waals surface area contributed by atoms with Gasteiger partial charge in [-0.05, 0) is 0 Å². The number of nitrogens with two attached hydrogens (primary N) is 1. The lowest BCUT2D eigenvalue weighted by Crippen LogP contribution is -2.22. The van der Waals surface area contributed by atoms with Crippen molar-refractivity contribution in [3.05, 3.63) is 23.0 Å². The molecular formula is C9H6F8N2O. The third kappa shape index (κ3) is 3.92. The summed E-state index contributed by atoms with van der Waals surface area (Å²) in [6.07, 6.45) is -14.7. The normalized spacial score (nSPS) is 12.9. The molecule has 0 aliphatic rings. The van der Waals surface area contributed by atoms with Crippen LogP contribution in [0.1, 0.15) is 23.4 Å². The van der Waals surface area contributed by atoms with E-state index >= 15 is 0 Å². The van der Waals surface area contributed by atoms with E-state index in [2.05, 4.69) is 9.72 Å². The van der Waals surface area contributed by atoms with Crippen molar-refractivity contribution < 1.29 is 39.9 Å². The SMILES string of the molecule is NCc1cc(OC(F)(F)F)c(C(F)(F)F)c(C(F)F)n1. The Kier molecular flexibility index (Phi) is 4.42. The van der Waals surface area contributed by atoms with Crippen molar-refractivity contribution in [2.45, 2.75) is 25.5 Å². The highest BCUT2D eigenvalue weighted by Gasteiger charge is 2.44. The second kappa shape index (κ2) is 5.38. The Labute approximate surface area is 106 Å². The molecule has 0 aliphatic heterocycles. The molecule has 1 aromatic rings. The van der Waals surface area contributed by atoms with E-state index < -0.39 is 48.2 Å². The highest BCUT2D eigenvalue weighted by molar-refractivity contribution is 5.41. The van der Waals surface area contributed by atoms with Crippen LogP contribution >= 0.6 is 0 Å². The van der Waals surface area contributed by atoms with Gasteiger partial charge in [0.2, 0.25) is 0 Å². The zero-order chi connectivity index (χ0) is 15.7. The van der Waals surface area contributed by atoms with Gasteiger partial charge in [-0.3, -0.25) is 0 Å². The van der Waals surface area contributed by atoms with Crippen LogP contribution in [0, 0.1) is 0 Å². The minimum atomic E-state index is -5.49. The van der Waals surface area contributed by atoms with Gasteiger partial charge in [-0.2, -0.15) is 13.2 Å². The standard InChI is InChI=1S/C9H6F8N2O/c10-7(11)6-5(8(12,13)14)4(20-9(15,16)17)1-3(2-18)19-6/h1,7H,2,18H2. The zero-order valence-electron chi connectivity index (χ0n) is 9.32. The summed E-state index contributed by atoms with van der Waals surface area (Å²) >= 11 is 0. The molecule has 0 radical (unpaired) electrons. The predicted molar refractivity (Wildman–Crippen MR) is 48.8 cm³/mol. The molecule has 20 heavy (non-hydrogen) atoms. The molecule has 1 aromatic heterocycles. The van der Waals surface area contributed by atoms with E-state index in [0.717, 1.165) is 0 Å². The van der Waals surface area contributed by atoms with Gasteiger partial charge in [0.25, 0.3) is 6.43 Å². The highest BCUT2D eigenvalue weighted by Crippen LogP contribution is 2.43. The fourth-order valence-corrected chi connectivity index (χ4v) is 1.35. The number of alkyl halides is 8. The number of rotatable bonds is 3. The van der Waals surface area contributed by atoms with Gasteiger partial charge in [-0.1, -0.05) is 0 Å². The molecule has 2 N–H and O–H groups in total. The van der Waals surface area contributed by atoms with Crippen LogP contribution < -0.4 is 10.5 Å². The first-order valence-corrected chi connectivity index (χ1v) is 4.80. The molecule has 0 aliphatic carbocycles. The smallest absolute Gasteiger partial charge is 0.405 e. The molecule has 11 heteroatoms. The van der Waals surface area contributed by atoms with Crippen molar-refractivity contribution in [1.29, 1.82) is 0 Å². The molecule has 0 aromatic carbocycles. The summed E-state index contributed by atoms with van der Waals surface area (Å²) in [5, 5.41) is 0. The molecule has 114 valence electrons. The molecular weight excluding hydrogens is 304 g/mol. The Hall–Kier alpha value is -1.65. The molecule has 0 saturated heterocycles. The maximum absolute atomic E-state index is 12.6. The van der Waals surface area contributed by atoms with Crippen molar-refractivity contribution in [2.75, 3.05) is 0 Å². The van der Waals surface area contributed by atoms with Crippen molar-refractivity contribution in [1.82, 2.24) is 4.98 Å². The summed E-state index contributed by atoms with van der Waals surface area (Å²) in [5.41, 5.74) is 0.258. The first kappa shape index (κ1) is 16.4. The van der Waals surface area contributed by atoms with Gasteiger partial charge in [0.1, 0.15) is 17.0 Å². The van der Waals surface area contributed by atoms with Gasteiger partial charge in [-0.15, -0.1) is 13.2 Å². The molecule has 0 saturated carbocycles. The number of halogens is 8. The summed E-state index contributed by atoms with van der Waals surface area (Å²) in [7, 11) is 0. The third-order valence-electron chi connectivity index (χ3n) is 1.99. The van der Waals surface area contributed by atoms with Gasteiger partial charge in [0.05, 0.1) is 5.69 Å². The second-order valence-electron chi connectivity index (χ2n) is 3.42. The Balaban J connectivity index is 3.56. The average Bonchev–Trinajstić information content (AvgIpc) is 2.23. The first-order chi connectivity index (χ1) is 8.95. The highest BCUT2D eigenvalue weighted by atomic mass is 19.4. The van der Waals surface area contributed by atoms with Crippen molar-refractivity contribution in [3.8, 4) is 5.75 Å². The average molecular weight is 310 g/mol. The first-order valence-electron chi connectivity index (χ1n) is 4.80. The van der Waals surface area contributed by atoms with Crippen molar-refractivity contribution in [3.63, 3.8) is 0 Å². The van der Waals surface area contributed by atoms with Crippen molar-refractivity contribution in [2.24, 2.45) is 5.73 Å². The Morgan fingerprint density at radius 3 is 2.05 bits per heavy atom. The fraction of sp³-hybridized carbons (Fsp3) is 0.444. The molecule has 1 rings (SSSR count). The molecule has 0 bridgehead atoms. The molecule has 1 heterocycles. The van der Waals surface area contributed by atoms with E-state index in [9.17, 15) is 35.1 Å². The van der Waals surface area contributed by atoms with E-state index in [1.165, 1.54) is 0 Å². The lowest BCUT2D eigenvalue weighted by atomic mass is 10.1. The van der Waals surface area contributed by atoms with Crippen LogP contribution in [0.5, 0.6) is 5.75 Å². The van der Waals surface area contributed by atoms with Gasteiger partial charge in [0, 0.05) is 12.6 Å².